The first-order valence-corrected chi connectivity index (χ1v) is 7.78. The van der Waals surface area contributed by atoms with E-state index >= 15 is 0 Å². The van der Waals surface area contributed by atoms with Crippen LogP contribution in [-0.4, -0.2) is 38.3 Å². The van der Waals surface area contributed by atoms with E-state index in [1.54, 1.807) is 7.05 Å². The van der Waals surface area contributed by atoms with Crippen molar-refractivity contribution in [3.63, 3.8) is 0 Å². The summed E-state index contributed by atoms with van der Waals surface area (Å²) in [6.45, 7) is 3.69. The molecule has 1 spiro atoms. The molecule has 0 aromatic carbocycles. The van der Waals surface area contributed by atoms with E-state index in [4.69, 9.17) is 4.74 Å². The quantitative estimate of drug-likeness (QED) is 0.773. The van der Waals surface area contributed by atoms with Gasteiger partial charge < -0.3 is 15.4 Å². The number of ether oxygens (including phenoxy) is 1. The maximum absolute atomic E-state index is 11.3. The SMILES string of the molecule is CCOC1CC(NCCC(=O)NC)C12CCCCC2. The van der Waals surface area contributed by atoms with Crippen molar-refractivity contribution in [2.75, 3.05) is 20.2 Å². The Kier molecular flexibility index (Phi) is 5.22. The van der Waals surface area contributed by atoms with Crippen molar-refractivity contribution < 1.29 is 9.53 Å². The summed E-state index contributed by atoms with van der Waals surface area (Å²) in [6.07, 6.45) is 8.73. The maximum Gasteiger partial charge on any atom is 0.221 e. The second kappa shape index (κ2) is 6.71. The zero-order valence-electron chi connectivity index (χ0n) is 12.3. The van der Waals surface area contributed by atoms with Gasteiger partial charge in [0.1, 0.15) is 0 Å². The lowest BCUT2D eigenvalue weighted by atomic mass is 9.55. The number of carbonyl (C=O) groups excluding carboxylic acids is 1. The van der Waals surface area contributed by atoms with Crippen LogP contribution in [-0.2, 0) is 9.53 Å². The van der Waals surface area contributed by atoms with Crippen LogP contribution in [0.25, 0.3) is 0 Å². The second-order valence-electron chi connectivity index (χ2n) is 5.90. The van der Waals surface area contributed by atoms with Crippen molar-refractivity contribution in [2.24, 2.45) is 5.41 Å². The van der Waals surface area contributed by atoms with Gasteiger partial charge >= 0.3 is 0 Å². The van der Waals surface area contributed by atoms with Crippen LogP contribution in [0.1, 0.15) is 51.9 Å². The number of amides is 1. The van der Waals surface area contributed by atoms with Crippen LogP contribution in [0.5, 0.6) is 0 Å². The topological polar surface area (TPSA) is 50.4 Å². The van der Waals surface area contributed by atoms with Gasteiger partial charge in [-0.1, -0.05) is 19.3 Å². The molecule has 0 aromatic rings. The largest absolute Gasteiger partial charge is 0.378 e. The molecule has 2 unspecified atom stereocenters. The zero-order valence-corrected chi connectivity index (χ0v) is 12.3. The monoisotopic (exact) mass is 268 g/mol. The van der Waals surface area contributed by atoms with Gasteiger partial charge in [0.25, 0.3) is 0 Å². The molecule has 2 N–H and O–H groups in total. The summed E-state index contributed by atoms with van der Waals surface area (Å²) in [6, 6.07) is 0.550. The Morgan fingerprint density at radius 2 is 2.05 bits per heavy atom. The van der Waals surface area contributed by atoms with Gasteiger partial charge in [-0.05, 0) is 26.2 Å². The van der Waals surface area contributed by atoms with Gasteiger partial charge in [-0.2, -0.15) is 0 Å². The van der Waals surface area contributed by atoms with E-state index in [0.717, 1.165) is 19.6 Å². The Bertz CT molecular complexity index is 301. The van der Waals surface area contributed by atoms with Gasteiger partial charge in [0.2, 0.25) is 5.91 Å². The Morgan fingerprint density at radius 3 is 2.68 bits per heavy atom. The van der Waals surface area contributed by atoms with Crippen molar-refractivity contribution in [2.45, 2.75) is 64.0 Å². The van der Waals surface area contributed by atoms with Gasteiger partial charge in [-0.15, -0.1) is 0 Å². The number of rotatable bonds is 6. The van der Waals surface area contributed by atoms with E-state index in [-0.39, 0.29) is 5.91 Å². The zero-order chi connectivity index (χ0) is 13.7. The first kappa shape index (κ1) is 14.8. The molecule has 4 nitrogen and oxygen atoms in total. The fourth-order valence-corrected chi connectivity index (χ4v) is 3.83. The highest BCUT2D eigenvalue weighted by Gasteiger charge is 2.55. The molecule has 2 fully saturated rings. The molecule has 0 heterocycles. The molecule has 0 aliphatic heterocycles. The summed E-state index contributed by atoms with van der Waals surface area (Å²) in [7, 11) is 1.69. The third-order valence-corrected chi connectivity index (χ3v) is 4.96. The summed E-state index contributed by atoms with van der Waals surface area (Å²) in [4.78, 5) is 11.3. The van der Waals surface area contributed by atoms with Gasteiger partial charge in [0.05, 0.1) is 6.10 Å². The smallest absolute Gasteiger partial charge is 0.221 e. The van der Waals surface area contributed by atoms with Crippen molar-refractivity contribution >= 4 is 5.91 Å². The lowest BCUT2D eigenvalue weighted by Crippen LogP contribution is -2.64. The molecule has 110 valence electrons. The lowest BCUT2D eigenvalue weighted by molar-refractivity contribution is -0.150. The molecule has 0 saturated heterocycles. The highest BCUT2D eigenvalue weighted by Crippen LogP contribution is 2.53. The van der Waals surface area contributed by atoms with Gasteiger partial charge in [-0.25, -0.2) is 0 Å². The van der Waals surface area contributed by atoms with Crippen molar-refractivity contribution in [3.05, 3.63) is 0 Å². The molecular weight excluding hydrogens is 240 g/mol. The Morgan fingerprint density at radius 1 is 1.32 bits per heavy atom. The minimum Gasteiger partial charge on any atom is -0.378 e. The first-order valence-electron chi connectivity index (χ1n) is 7.78. The number of nitrogens with one attached hydrogen (secondary N) is 2. The van der Waals surface area contributed by atoms with Gasteiger partial charge in [0, 0.05) is 38.1 Å². The number of carbonyl (C=O) groups is 1. The van der Waals surface area contributed by atoms with E-state index in [1.165, 1.54) is 32.1 Å². The Balaban J connectivity index is 1.84. The molecule has 2 aliphatic rings. The van der Waals surface area contributed by atoms with Crippen LogP contribution in [0, 0.1) is 5.41 Å². The highest BCUT2D eigenvalue weighted by molar-refractivity contribution is 5.75. The summed E-state index contributed by atoms with van der Waals surface area (Å²) in [5, 5.41) is 6.26. The van der Waals surface area contributed by atoms with E-state index < -0.39 is 0 Å². The van der Waals surface area contributed by atoms with E-state index in [0.29, 0.717) is 24.0 Å². The van der Waals surface area contributed by atoms with Crippen LogP contribution < -0.4 is 10.6 Å². The standard InChI is InChI=1S/C15H28N2O2/c1-3-19-13-11-12(17-10-7-14(18)16-2)15(13)8-5-4-6-9-15/h12-13,17H,3-11H2,1-2H3,(H,16,18). The van der Waals surface area contributed by atoms with E-state index in [1.807, 2.05) is 0 Å². The fourth-order valence-electron chi connectivity index (χ4n) is 3.83. The molecular formula is C15H28N2O2. The third kappa shape index (κ3) is 3.11. The summed E-state index contributed by atoms with van der Waals surface area (Å²) < 4.78 is 5.93. The normalized spacial score (nSPS) is 28.9. The molecule has 2 atom stereocenters. The predicted molar refractivity (Wildman–Crippen MR) is 76.0 cm³/mol. The maximum atomic E-state index is 11.3. The van der Waals surface area contributed by atoms with Crippen LogP contribution >= 0.6 is 0 Å². The van der Waals surface area contributed by atoms with E-state index in [2.05, 4.69) is 17.6 Å². The number of hydrogen-bond donors (Lipinski definition) is 2. The molecule has 0 bridgehead atoms. The van der Waals surface area contributed by atoms with Gasteiger partial charge in [0.15, 0.2) is 0 Å². The van der Waals surface area contributed by atoms with Crippen LogP contribution in [0.2, 0.25) is 0 Å². The molecule has 2 saturated carbocycles. The Hall–Kier alpha value is -0.610. The Labute approximate surface area is 116 Å². The molecule has 19 heavy (non-hydrogen) atoms. The van der Waals surface area contributed by atoms with Crippen molar-refractivity contribution in [1.29, 1.82) is 0 Å². The minimum absolute atomic E-state index is 0.117. The van der Waals surface area contributed by atoms with Crippen LogP contribution in [0.15, 0.2) is 0 Å². The molecule has 2 aliphatic carbocycles. The predicted octanol–water partition coefficient (Wildman–Crippen LogP) is 1.84. The first-order chi connectivity index (χ1) is 9.23. The van der Waals surface area contributed by atoms with E-state index in [9.17, 15) is 4.79 Å². The summed E-state index contributed by atoms with van der Waals surface area (Å²) in [5.74, 6) is 0.117. The minimum atomic E-state index is 0.117. The summed E-state index contributed by atoms with van der Waals surface area (Å²) >= 11 is 0. The molecule has 4 heteroatoms. The summed E-state index contributed by atoms with van der Waals surface area (Å²) in [5.41, 5.74) is 0.358. The fraction of sp³-hybridized carbons (Fsp3) is 0.933. The third-order valence-electron chi connectivity index (χ3n) is 4.96. The van der Waals surface area contributed by atoms with Gasteiger partial charge in [-0.3, -0.25) is 4.79 Å². The van der Waals surface area contributed by atoms with Crippen LogP contribution in [0.4, 0.5) is 0 Å². The lowest BCUT2D eigenvalue weighted by Gasteiger charge is -2.58. The molecule has 2 rings (SSSR count). The average molecular weight is 268 g/mol. The molecule has 0 radical (unpaired) electrons. The van der Waals surface area contributed by atoms with Crippen LogP contribution in [0.3, 0.4) is 0 Å². The average Bonchev–Trinajstić information content (AvgIpc) is 2.46. The molecule has 1 amide bonds. The number of hydrogen-bond acceptors (Lipinski definition) is 3. The molecule has 0 aromatic heterocycles. The van der Waals surface area contributed by atoms with Crippen molar-refractivity contribution in [3.8, 4) is 0 Å². The highest BCUT2D eigenvalue weighted by atomic mass is 16.5. The van der Waals surface area contributed by atoms with Crippen molar-refractivity contribution in [1.82, 2.24) is 10.6 Å². The second-order valence-corrected chi connectivity index (χ2v) is 5.90.